The highest BCUT2D eigenvalue weighted by atomic mass is 16.5. The van der Waals surface area contributed by atoms with E-state index in [-0.39, 0.29) is 6.04 Å². The lowest BCUT2D eigenvalue weighted by Gasteiger charge is -2.41. The molecule has 1 aliphatic rings. The molecular weight excluding hydrogens is 584 g/mol. The van der Waals surface area contributed by atoms with Crippen LogP contribution < -0.4 is 9.47 Å². The average molecular weight is 631 g/mol. The Balaban J connectivity index is 1.51. The molecule has 1 atom stereocenters. The Morgan fingerprint density at radius 1 is 0.872 bits per heavy atom. The van der Waals surface area contributed by atoms with Gasteiger partial charge in [-0.3, -0.25) is 9.80 Å². The molecule has 244 valence electrons. The Kier molecular flexibility index (Phi) is 12.0. The number of methoxy groups -OCH3 is 2. The van der Waals surface area contributed by atoms with E-state index in [2.05, 4.69) is 77.0 Å². The minimum Gasteiger partial charge on any atom is -0.496 e. The van der Waals surface area contributed by atoms with Crippen molar-refractivity contribution >= 4 is 18.1 Å². The highest BCUT2D eigenvalue weighted by Gasteiger charge is 2.30. The minimum atomic E-state index is -0.442. The predicted octanol–water partition coefficient (Wildman–Crippen LogP) is 7.93. The first kappa shape index (κ1) is 33.7. The number of hydrogen-bond acceptors (Lipinski definition) is 6. The number of esters is 1. The van der Waals surface area contributed by atoms with E-state index < -0.39 is 5.97 Å². The second kappa shape index (κ2) is 16.8. The number of hydrogen-bond donors (Lipinski definition) is 0. The van der Waals surface area contributed by atoms with Crippen LogP contribution in [0.1, 0.15) is 51.5 Å². The highest BCUT2D eigenvalue weighted by molar-refractivity contribution is 5.99. The maximum atomic E-state index is 13.6. The molecule has 1 heterocycles. The molecule has 0 bridgehead atoms. The molecule has 4 aromatic rings. The van der Waals surface area contributed by atoms with Gasteiger partial charge in [-0.1, -0.05) is 109 Å². The topological polar surface area (TPSA) is 51.2 Å². The van der Waals surface area contributed by atoms with E-state index in [0.717, 1.165) is 55.8 Å². The lowest BCUT2D eigenvalue weighted by Crippen LogP contribution is -2.54. The Morgan fingerprint density at radius 2 is 1.51 bits per heavy atom. The summed E-state index contributed by atoms with van der Waals surface area (Å²) in [5.74, 6) is 0.754. The van der Waals surface area contributed by atoms with E-state index in [4.69, 9.17) is 14.2 Å². The van der Waals surface area contributed by atoms with E-state index in [1.807, 2.05) is 55.5 Å². The average Bonchev–Trinajstić information content (AvgIpc) is 3.10. The summed E-state index contributed by atoms with van der Waals surface area (Å²) in [4.78, 5) is 18.5. The van der Waals surface area contributed by atoms with Crippen LogP contribution in [0.2, 0.25) is 0 Å². The molecule has 6 heteroatoms. The molecule has 0 radical (unpaired) electrons. The fourth-order valence-corrected chi connectivity index (χ4v) is 6.11. The van der Waals surface area contributed by atoms with Crippen LogP contribution >= 0.6 is 0 Å². The van der Waals surface area contributed by atoms with Gasteiger partial charge in [-0.05, 0) is 48.1 Å². The molecule has 0 spiro atoms. The second-order valence-electron chi connectivity index (χ2n) is 12.2. The standard InChI is InChI=1S/C41H46N2O4/c1-31(2)20-23-37-38(45-3)26-35(22-21-32-14-8-5-9-15-32)39(41(44)46-4)40(37)47-30-36-29-42(27-33-16-10-6-11-17-33)24-25-43(36)28-34-18-12-7-13-19-34/h5-19,21-22,26,36H,1,20,23-25,27-30H2,2-4H3. The van der Waals surface area contributed by atoms with Crippen molar-refractivity contribution in [2.75, 3.05) is 40.5 Å². The van der Waals surface area contributed by atoms with Crippen LogP contribution in [0.3, 0.4) is 0 Å². The monoisotopic (exact) mass is 630 g/mol. The van der Waals surface area contributed by atoms with Gasteiger partial charge in [-0.2, -0.15) is 0 Å². The summed E-state index contributed by atoms with van der Waals surface area (Å²) in [5.41, 5.74) is 6.56. The lowest BCUT2D eigenvalue weighted by atomic mass is 9.96. The molecule has 0 amide bonds. The molecule has 0 aromatic heterocycles. The van der Waals surface area contributed by atoms with Gasteiger partial charge in [0.1, 0.15) is 23.7 Å². The number of allylic oxidation sites excluding steroid dienone is 1. The molecule has 1 saturated heterocycles. The van der Waals surface area contributed by atoms with Crippen molar-refractivity contribution in [2.45, 2.75) is 38.9 Å². The van der Waals surface area contributed by atoms with Crippen LogP contribution in [0.15, 0.2) is 109 Å². The van der Waals surface area contributed by atoms with Crippen LogP contribution in [0.5, 0.6) is 11.5 Å². The van der Waals surface area contributed by atoms with Gasteiger partial charge in [0.05, 0.1) is 20.3 Å². The van der Waals surface area contributed by atoms with Gasteiger partial charge in [0.25, 0.3) is 0 Å². The largest absolute Gasteiger partial charge is 0.496 e. The molecule has 4 aromatic carbocycles. The van der Waals surface area contributed by atoms with Gasteiger partial charge >= 0.3 is 5.97 Å². The maximum Gasteiger partial charge on any atom is 0.342 e. The van der Waals surface area contributed by atoms with Gasteiger partial charge in [0.15, 0.2) is 0 Å². The summed E-state index contributed by atoms with van der Waals surface area (Å²) in [6.07, 6.45) is 5.28. The van der Waals surface area contributed by atoms with E-state index in [9.17, 15) is 4.79 Å². The summed E-state index contributed by atoms with van der Waals surface area (Å²) in [7, 11) is 3.08. The zero-order valence-electron chi connectivity index (χ0n) is 27.9. The zero-order chi connectivity index (χ0) is 33.0. The van der Waals surface area contributed by atoms with Crippen LogP contribution in [0.4, 0.5) is 0 Å². The summed E-state index contributed by atoms with van der Waals surface area (Å²) >= 11 is 0. The molecule has 0 saturated carbocycles. The van der Waals surface area contributed by atoms with Crippen LogP contribution in [-0.2, 0) is 24.2 Å². The van der Waals surface area contributed by atoms with E-state index in [1.54, 1.807) is 7.11 Å². The van der Waals surface area contributed by atoms with Gasteiger partial charge in [-0.15, -0.1) is 6.58 Å². The molecule has 1 unspecified atom stereocenters. The fraction of sp³-hybridized carbons (Fsp3) is 0.293. The highest BCUT2D eigenvalue weighted by Crippen LogP contribution is 2.38. The van der Waals surface area contributed by atoms with Crippen molar-refractivity contribution in [1.29, 1.82) is 0 Å². The van der Waals surface area contributed by atoms with Gasteiger partial charge in [-0.25, -0.2) is 4.79 Å². The summed E-state index contributed by atoms with van der Waals surface area (Å²) in [6.45, 7) is 10.9. The molecule has 0 N–H and O–H groups in total. The Labute approximate surface area is 279 Å². The summed E-state index contributed by atoms with van der Waals surface area (Å²) < 4.78 is 18.2. The summed E-state index contributed by atoms with van der Waals surface area (Å²) in [5, 5.41) is 0. The van der Waals surface area contributed by atoms with Crippen LogP contribution in [0.25, 0.3) is 12.2 Å². The van der Waals surface area contributed by atoms with Crippen LogP contribution in [-0.4, -0.2) is 62.3 Å². The molecular formula is C41H46N2O4. The third kappa shape index (κ3) is 9.22. The molecule has 47 heavy (non-hydrogen) atoms. The first-order valence-electron chi connectivity index (χ1n) is 16.3. The van der Waals surface area contributed by atoms with Gasteiger partial charge in [0, 0.05) is 38.3 Å². The predicted molar refractivity (Wildman–Crippen MR) is 191 cm³/mol. The van der Waals surface area contributed by atoms with E-state index >= 15 is 0 Å². The number of nitrogens with zero attached hydrogens (tertiary/aromatic N) is 2. The number of carbonyl (C=O) groups excluding carboxylic acids is 1. The van der Waals surface area contributed by atoms with Gasteiger partial charge < -0.3 is 14.2 Å². The first-order valence-corrected chi connectivity index (χ1v) is 16.3. The Bertz CT molecular complexity index is 1640. The summed E-state index contributed by atoms with van der Waals surface area (Å²) in [6, 6.07) is 33.2. The Hall–Kier alpha value is -4.65. The SMILES string of the molecule is C=C(C)CCc1c(OC)cc(C=Cc2ccccc2)c(C(=O)OC)c1OCC1CN(Cc2ccccc2)CCN1Cc1ccccc1. The third-order valence-electron chi connectivity index (χ3n) is 8.63. The fourth-order valence-electron chi connectivity index (χ4n) is 6.11. The number of piperazine rings is 1. The molecule has 6 nitrogen and oxygen atoms in total. The van der Waals surface area contributed by atoms with Crippen molar-refractivity contribution in [3.63, 3.8) is 0 Å². The zero-order valence-corrected chi connectivity index (χ0v) is 27.9. The number of rotatable bonds is 14. The number of carbonyl (C=O) groups is 1. The van der Waals surface area contributed by atoms with E-state index in [0.29, 0.717) is 35.7 Å². The molecule has 5 rings (SSSR count). The van der Waals surface area contributed by atoms with Gasteiger partial charge in [0.2, 0.25) is 0 Å². The number of ether oxygens (including phenoxy) is 3. The third-order valence-corrected chi connectivity index (χ3v) is 8.63. The minimum absolute atomic E-state index is 0.0849. The Morgan fingerprint density at radius 3 is 2.13 bits per heavy atom. The van der Waals surface area contributed by atoms with Crippen molar-refractivity contribution in [3.05, 3.63) is 143 Å². The molecule has 1 fully saturated rings. The van der Waals surface area contributed by atoms with Crippen molar-refractivity contribution < 1.29 is 19.0 Å². The quantitative estimate of drug-likeness (QED) is 0.0802. The normalized spacial score (nSPS) is 15.4. The van der Waals surface area contributed by atoms with Crippen LogP contribution in [0, 0.1) is 0 Å². The molecule has 0 aliphatic carbocycles. The van der Waals surface area contributed by atoms with Crippen molar-refractivity contribution in [2.24, 2.45) is 0 Å². The number of benzene rings is 4. The van der Waals surface area contributed by atoms with E-state index in [1.165, 1.54) is 18.2 Å². The van der Waals surface area contributed by atoms with Crippen molar-refractivity contribution in [1.82, 2.24) is 9.80 Å². The second-order valence-corrected chi connectivity index (χ2v) is 12.2. The molecule has 1 aliphatic heterocycles. The van der Waals surface area contributed by atoms with Crippen molar-refractivity contribution in [3.8, 4) is 11.5 Å². The smallest absolute Gasteiger partial charge is 0.342 e. The maximum absolute atomic E-state index is 13.6. The lowest BCUT2D eigenvalue weighted by molar-refractivity contribution is 0.0364. The first-order chi connectivity index (χ1) is 22.9.